The highest BCUT2D eigenvalue weighted by molar-refractivity contribution is 6.31. The number of alkyl halides is 2. The van der Waals surface area contributed by atoms with Crippen molar-refractivity contribution in [1.29, 1.82) is 0 Å². The largest absolute Gasteiger partial charge is 0.340 e. The molecule has 2 aromatic carbocycles. The second-order valence-electron chi connectivity index (χ2n) is 6.97. The number of nitrogens with zero attached hydrogens (tertiary/aromatic N) is 4. The minimum absolute atomic E-state index is 0.0285. The smallest absolute Gasteiger partial charge is 0.266 e. The number of hydrogen-bond acceptors (Lipinski definition) is 3. The highest BCUT2D eigenvalue weighted by Gasteiger charge is 2.42. The lowest BCUT2D eigenvalue weighted by Crippen LogP contribution is -2.55. The fourth-order valence-electron chi connectivity index (χ4n) is 3.45. The van der Waals surface area contributed by atoms with E-state index in [2.05, 4.69) is 9.83 Å². The first-order valence-corrected chi connectivity index (χ1v) is 9.26. The summed E-state index contributed by atoms with van der Waals surface area (Å²) in [6, 6.07) is 11.4. The molecule has 0 unspecified atom stereocenters. The van der Waals surface area contributed by atoms with Gasteiger partial charge in [-0.15, -0.1) is 0 Å². The summed E-state index contributed by atoms with van der Waals surface area (Å²) in [6.07, 6.45) is -0.308. The Morgan fingerprint density at radius 3 is 2.68 bits per heavy atom. The Morgan fingerprint density at radius 2 is 2.00 bits per heavy atom. The van der Waals surface area contributed by atoms with Crippen LogP contribution in [0.15, 0.2) is 42.5 Å². The molecule has 2 heterocycles. The second kappa shape index (κ2) is 7.04. The number of fused-ring (bicyclic) bond motifs is 1. The molecule has 0 spiro atoms. The van der Waals surface area contributed by atoms with Crippen LogP contribution in [0, 0.1) is 6.57 Å². The van der Waals surface area contributed by atoms with Gasteiger partial charge < -0.3 is 15.2 Å². The van der Waals surface area contributed by atoms with Crippen molar-refractivity contribution in [2.45, 2.75) is 24.9 Å². The first-order chi connectivity index (χ1) is 13.4. The van der Waals surface area contributed by atoms with Crippen LogP contribution in [0.25, 0.3) is 15.9 Å². The van der Waals surface area contributed by atoms with Gasteiger partial charge in [0.2, 0.25) is 5.95 Å². The molecule has 144 valence electrons. The minimum Gasteiger partial charge on any atom is -0.340 e. The van der Waals surface area contributed by atoms with E-state index in [0.29, 0.717) is 23.2 Å². The van der Waals surface area contributed by atoms with Crippen molar-refractivity contribution in [1.82, 2.24) is 9.55 Å². The Hall–Kier alpha value is -2.69. The van der Waals surface area contributed by atoms with Crippen LogP contribution in [0.1, 0.15) is 12.0 Å². The van der Waals surface area contributed by atoms with Gasteiger partial charge in [-0.1, -0.05) is 35.9 Å². The molecule has 0 aliphatic carbocycles. The van der Waals surface area contributed by atoms with Crippen molar-refractivity contribution in [2.24, 2.45) is 5.73 Å². The third-order valence-corrected chi connectivity index (χ3v) is 5.29. The zero-order valence-electron chi connectivity index (χ0n) is 14.9. The number of imidazole rings is 1. The first-order valence-electron chi connectivity index (χ1n) is 8.88. The molecule has 1 aliphatic rings. The van der Waals surface area contributed by atoms with Crippen LogP contribution in [0.3, 0.4) is 0 Å². The van der Waals surface area contributed by atoms with Crippen LogP contribution in [-0.4, -0.2) is 34.6 Å². The number of piperidine rings is 1. The molecule has 1 saturated heterocycles. The highest BCUT2D eigenvalue weighted by Crippen LogP contribution is 2.32. The predicted molar refractivity (Wildman–Crippen MR) is 106 cm³/mol. The van der Waals surface area contributed by atoms with E-state index in [0.717, 1.165) is 16.6 Å². The van der Waals surface area contributed by atoms with Crippen molar-refractivity contribution in [3.8, 4) is 0 Å². The summed E-state index contributed by atoms with van der Waals surface area (Å²) < 4.78 is 29.6. The van der Waals surface area contributed by atoms with Gasteiger partial charge in [-0.05, 0) is 23.8 Å². The molecule has 0 saturated carbocycles. The van der Waals surface area contributed by atoms with Crippen molar-refractivity contribution >= 4 is 34.3 Å². The van der Waals surface area contributed by atoms with E-state index < -0.39 is 12.0 Å². The number of halogens is 3. The van der Waals surface area contributed by atoms with Crippen LogP contribution >= 0.6 is 11.6 Å². The maximum atomic E-state index is 13.8. The topological polar surface area (TPSA) is 51.4 Å². The van der Waals surface area contributed by atoms with Crippen LogP contribution < -0.4 is 10.6 Å². The van der Waals surface area contributed by atoms with Gasteiger partial charge in [0.05, 0.1) is 30.2 Å². The SMILES string of the molecule is [C-]#[N+]c1ccc(Cn2c(N3CCC(F)(F)[C@H](N)C3)nc3ccc(Cl)cc32)cc1. The molecule has 5 nitrogen and oxygen atoms in total. The predicted octanol–water partition coefficient (Wildman–Crippen LogP) is 4.46. The Bertz CT molecular complexity index is 1050. The average molecular weight is 402 g/mol. The van der Waals surface area contributed by atoms with E-state index in [-0.39, 0.29) is 19.5 Å². The standard InChI is InChI=1S/C20H18ClF2N5/c1-25-15-5-2-13(3-6-15)11-28-17-10-14(21)4-7-16(17)26-19(28)27-9-8-20(22,23)18(24)12-27/h2-7,10,18H,8-9,11-12,24H2/t18-/m1/s1. The summed E-state index contributed by atoms with van der Waals surface area (Å²) in [6.45, 7) is 7.76. The van der Waals surface area contributed by atoms with Crippen molar-refractivity contribution in [3.05, 3.63) is 64.5 Å². The highest BCUT2D eigenvalue weighted by atomic mass is 35.5. The molecule has 0 bridgehead atoms. The molecule has 8 heteroatoms. The lowest BCUT2D eigenvalue weighted by Gasteiger charge is -2.37. The number of benzene rings is 2. The van der Waals surface area contributed by atoms with E-state index in [4.69, 9.17) is 23.9 Å². The zero-order chi connectivity index (χ0) is 19.9. The molecule has 3 aromatic rings. The van der Waals surface area contributed by atoms with Crippen LogP contribution in [0.2, 0.25) is 5.02 Å². The molecule has 1 aliphatic heterocycles. The number of aromatic nitrogens is 2. The summed E-state index contributed by atoms with van der Waals surface area (Å²) >= 11 is 6.18. The molecule has 2 N–H and O–H groups in total. The average Bonchev–Trinajstić information content (AvgIpc) is 3.02. The summed E-state index contributed by atoms with van der Waals surface area (Å²) in [7, 11) is 0. The van der Waals surface area contributed by atoms with E-state index in [1.165, 1.54) is 0 Å². The van der Waals surface area contributed by atoms with E-state index in [9.17, 15) is 8.78 Å². The first kappa shape index (κ1) is 18.7. The zero-order valence-corrected chi connectivity index (χ0v) is 15.7. The Balaban J connectivity index is 1.75. The van der Waals surface area contributed by atoms with E-state index in [1.807, 2.05) is 33.7 Å². The van der Waals surface area contributed by atoms with Gasteiger partial charge in [-0.2, -0.15) is 0 Å². The molecule has 28 heavy (non-hydrogen) atoms. The molecular weight excluding hydrogens is 384 g/mol. The van der Waals surface area contributed by atoms with Crippen molar-refractivity contribution < 1.29 is 8.78 Å². The van der Waals surface area contributed by atoms with Crippen LogP contribution in [-0.2, 0) is 6.54 Å². The minimum atomic E-state index is -2.87. The van der Waals surface area contributed by atoms with E-state index in [1.54, 1.807) is 18.2 Å². The molecule has 1 atom stereocenters. The molecule has 4 rings (SSSR count). The fraction of sp³-hybridized carbons (Fsp3) is 0.300. The van der Waals surface area contributed by atoms with Gasteiger partial charge in [0.1, 0.15) is 0 Å². The molecular formula is C20H18ClF2N5. The Morgan fingerprint density at radius 1 is 1.25 bits per heavy atom. The van der Waals surface area contributed by atoms with Gasteiger partial charge >= 0.3 is 0 Å². The number of nitrogens with two attached hydrogens (primary N) is 1. The summed E-state index contributed by atoms with van der Waals surface area (Å²) in [5.74, 6) is -2.27. The van der Waals surface area contributed by atoms with E-state index >= 15 is 0 Å². The van der Waals surface area contributed by atoms with Gasteiger partial charge in [0, 0.05) is 24.5 Å². The molecule has 0 amide bonds. The van der Waals surface area contributed by atoms with Crippen LogP contribution in [0.4, 0.5) is 20.4 Å². The number of anilines is 1. The normalized spacial score (nSPS) is 19.0. The van der Waals surface area contributed by atoms with Gasteiger partial charge in [-0.3, -0.25) is 0 Å². The molecule has 1 fully saturated rings. The number of hydrogen-bond donors (Lipinski definition) is 1. The van der Waals surface area contributed by atoms with Gasteiger partial charge in [0.25, 0.3) is 5.92 Å². The summed E-state index contributed by atoms with van der Waals surface area (Å²) in [5, 5.41) is 0.574. The van der Waals surface area contributed by atoms with Crippen LogP contribution in [0.5, 0.6) is 0 Å². The van der Waals surface area contributed by atoms with Crippen molar-refractivity contribution in [2.75, 3.05) is 18.0 Å². The van der Waals surface area contributed by atoms with Gasteiger partial charge in [-0.25, -0.2) is 18.6 Å². The second-order valence-corrected chi connectivity index (χ2v) is 7.41. The maximum Gasteiger partial charge on any atom is 0.266 e. The van der Waals surface area contributed by atoms with Gasteiger partial charge in [0.15, 0.2) is 5.69 Å². The van der Waals surface area contributed by atoms with Crippen molar-refractivity contribution in [3.63, 3.8) is 0 Å². The Labute approximate surface area is 166 Å². The maximum absolute atomic E-state index is 13.8. The molecule has 0 radical (unpaired) electrons. The monoisotopic (exact) mass is 401 g/mol. The lowest BCUT2D eigenvalue weighted by atomic mass is 10.0. The molecule has 1 aromatic heterocycles. The third kappa shape index (κ3) is 3.41. The third-order valence-electron chi connectivity index (χ3n) is 5.05. The quantitative estimate of drug-likeness (QED) is 0.659. The number of rotatable bonds is 3. The summed E-state index contributed by atoms with van der Waals surface area (Å²) in [4.78, 5) is 9.88. The lowest BCUT2D eigenvalue weighted by molar-refractivity contribution is -0.0395. The Kier molecular flexibility index (Phi) is 4.69. The fourth-order valence-corrected chi connectivity index (χ4v) is 3.62. The summed E-state index contributed by atoms with van der Waals surface area (Å²) in [5.41, 5.74) is 8.81.